The van der Waals surface area contributed by atoms with Crippen molar-refractivity contribution < 1.29 is 4.74 Å². The van der Waals surface area contributed by atoms with Gasteiger partial charge in [-0.3, -0.25) is 0 Å². The summed E-state index contributed by atoms with van der Waals surface area (Å²) in [5.41, 5.74) is 1.10. The van der Waals surface area contributed by atoms with Crippen LogP contribution < -0.4 is 5.32 Å². The quantitative estimate of drug-likeness (QED) is 0.879. The summed E-state index contributed by atoms with van der Waals surface area (Å²) in [7, 11) is 1.71. The van der Waals surface area contributed by atoms with Crippen LogP contribution in [0, 0.1) is 0 Å². The van der Waals surface area contributed by atoms with Crippen molar-refractivity contribution in [3.63, 3.8) is 0 Å². The molecule has 1 atom stereocenters. The van der Waals surface area contributed by atoms with Gasteiger partial charge in [-0.2, -0.15) is 0 Å². The SMILES string of the molecule is COC(C)CNc1ccccc1Br. The van der Waals surface area contributed by atoms with Crippen LogP contribution in [0.5, 0.6) is 0 Å². The number of anilines is 1. The molecule has 0 aliphatic carbocycles. The predicted molar refractivity (Wildman–Crippen MR) is 59.1 cm³/mol. The average Bonchev–Trinajstić information content (AvgIpc) is 2.16. The summed E-state index contributed by atoms with van der Waals surface area (Å²) in [6.45, 7) is 2.85. The first-order chi connectivity index (χ1) is 6.24. The molecule has 0 fully saturated rings. The number of rotatable bonds is 4. The van der Waals surface area contributed by atoms with Crippen LogP contribution in [-0.4, -0.2) is 19.8 Å². The van der Waals surface area contributed by atoms with E-state index < -0.39 is 0 Å². The topological polar surface area (TPSA) is 21.3 Å². The maximum absolute atomic E-state index is 5.13. The van der Waals surface area contributed by atoms with Crippen LogP contribution in [-0.2, 0) is 4.74 Å². The van der Waals surface area contributed by atoms with Gasteiger partial charge >= 0.3 is 0 Å². The number of halogens is 1. The van der Waals surface area contributed by atoms with Crippen molar-refractivity contribution in [1.29, 1.82) is 0 Å². The molecule has 0 bridgehead atoms. The standard InChI is InChI=1S/C10H14BrNO/c1-8(13-2)7-12-10-6-4-3-5-9(10)11/h3-6,8,12H,7H2,1-2H3. The highest BCUT2D eigenvalue weighted by Crippen LogP contribution is 2.20. The summed E-state index contributed by atoms with van der Waals surface area (Å²) >= 11 is 3.46. The zero-order chi connectivity index (χ0) is 9.68. The summed E-state index contributed by atoms with van der Waals surface area (Å²) < 4.78 is 6.22. The van der Waals surface area contributed by atoms with E-state index in [9.17, 15) is 0 Å². The van der Waals surface area contributed by atoms with E-state index in [0.717, 1.165) is 16.7 Å². The molecular formula is C10H14BrNO. The maximum atomic E-state index is 5.13. The Hall–Kier alpha value is -0.540. The van der Waals surface area contributed by atoms with Gasteiger partial charge in [-0.05, 0) is 35.0 Å². The smallest absolute Gasteiger partial charge is 0.0715 e. The first-order valence-electron chi connectivity index (χ1n) is 4.25. The van der Waals surface area contributed by atoms with Crippen LogP contribution >= 0.6 is 15.9 Å². The van der Waals surface area contributed by atoms with E-state index in [-0.39, 0.29) is 6.10 Å². The Kier molecular flexibility index (Phi) is 4.25. The van der Waals surface area contributed by atoms with Crippen molar-refractivity contribution in [2.75, 3.05) is 19.0 Å². The first kappa shape index (κ1) is 10.5. The van der Waals surface area contributed by atoms with Crippen LogP contribution in [0.25, 0.3) is 0 Å². The molecule has 2 nitrogen and oxygen atoms in total. The Morgan fingerprint density at radius 3 is 2.77 bits per heavy atom. The molecule has 72 valence electrons. The first-order valence-corrected chi connectivity index (χ1v) is 5.04. The van der Waals surface area contributed by atoms with Gasteiger partial charge in [-0.25, -0.2) is 0 Å². The van der Waals surface area contributed by atoms with Gasteiger partial charge < -0.3 is 10.1 Å². The molecule has 0 heterocycles. The van der Waals surface area contributed by atoms with Crippen LogP contribution in [0.1, 0.15) is 6.92 Å². The largest absolute Gasteiger partial charge is 0.382 e. The molecule has 0 aliphatic heterocycles. The Morgan fingerprint density at radius 2 is 2.15 bits per heavy atom. The fraction of sp³-hybridized carbons (Fsp3) is 0.400. The number of nitrogens with one attached hydrogen (secondary N) is 1. The molecular weight excluding hydrogens is 230 g/mol. The highest BCUT2D eigenvalue weighted by atomic mass is 79.9. The van der Waals surface area contributed by atoms with Crippen molar-refractivity contribution in [3.05, 3.63) is 28.7 Å². The van der Waals surface area contributed by atoms with Crippen molar-refractivity contribution >= 4 is 21.6 Å². The Morgan fingerprint density at radius 1 is 1.46 bits per heavy atom. The van der Waals surface area contributed by atoms with Gasteiger partial charge in [-0.15, -0.1) is 0 Å². The van der Waals surface area contributed by atoms with Gasteiger partial charge in [-0.1, -0.05) is 12.1 Å². The number of ether oxygens (including phenoxy) is 1. The van der Waals surface area contributed by atoms with Crippen molar-refractivity contribution in [3.8, 4) is 0 Å². The second-order valence-electron chi connectivity index (χ2n) is 2.91. The molecule has 1 rings (SSSR count). The fourth-order valence-electron chi connectivity index (χ4n) is 0.942. The van der Waals surface area contributed by atoms with Crippen LogP contribution in [0.2, 0.25) is 0 Å². The van der Waals surface area contributed by atoms with Crippen molar-refractivity contribution in [1.82, 2.24) is 0 Å². The van der Waals surface area contributed by atoms with Crippen molar-refractivity contribution in [2.24, 2.45) is 0 Å². The van der Waals surface area contributed by atoms with Crippen LogP contribution in [0.15, 0.2) is 28.7 Å². The third-order valence-electron chi connectivity index (χ3n) is 1.86. The molecule has 13 heavy (non-hydrogen) atoms. The molecule has 1 aromatic carbocycles. The monoisotopic (exact) mass is 243 g/mol. The molecule has 1 N–H and O–H groups in total. The Bertz CT molecular complexity index is 265. The fourth-order valence-corrected chi connectivity index (χ4v) is 1.37. The normalized spacial score (nSPS) is 12.5. The molecule has 0 amide bonds. The lowest BCUT2D eigenvalue weighted by Gasteiger charge is -2.12. The molecule has 0 aliphatic rings. The van der Waals surface area contributed by atoms with Crippen LogP contribution in [0.4, 0.5) is 5.69 Å². The third-order valence-corrected chi connectivity index (χ3v) is 2.55. The molecule has 1 aromatic rings. The number of hydrogen-bond donors (Lipinski definition) is 1. The summed E-state index contributed by atoms with van der Waals surface area (Å²) in [5, 5.41) is 3.29. The van der Waals surface area contributed by atoms with E-state index in [0.29, 0.717) is 0 Å². The maximum Gasteiger partial charge on any atom is 0.0715 e. The number of hydrogen-bond acceptors (Lipinski definition) is 2. The lowest BCUT2D eigenvalue weighted by Crippen LogP contribution is -2.18. The van der Waals surface area contributed by atoms with Gasteiger partial charge in [0.05, 0.1) is 6.10 Å². The van der Waals surface area contributed by atoms with Crippen LogP contribution in [0.3, 0.4) is 0 Å². The lowest BCUT2D eigenvalue weighted by molar-refractivity contribution is 0.129. The molecule has 3 heteroatoms. The number of benzene rings is 1. The van der Waals surface area contributed by atoms with E-state index in [4.69, 9.17) is 4.74 Å². The van der Waals surface area contributed by atoms with Gasteiger partial charge in [0, 0.05) is 23.8 Å². The third kappa shape index (κ3) is 3.36. The molecule has 0 saturated carbocycles. The number of para-hydroxylation sites is 1. The summed E-state index contributed by atoms with van der Waals surface area (Å²) in [6.07, 6.45) is 0.229. The molecule has 1 unspecified atom stereocenters. The zero-order valence-corrected chi connectivity index (χ0v) is 9.47. The highest BCUT2D eigenvalue weighted by molar-refractivity contribution is 9.10. The molecule has 0 radical (unpaired) electrons. The minimum Gasteiger partial charge on any atom is -0.382 e. The average molecular weight is 244 g/mol. The van der Waals surface area contributed by atoms with E-state index in [1.807, 2.05) is 31.2 Å². The van der Waals surface area contributed by atoms with E-state index in [1.54, 1.807) is 7.11 Å². The van der Waals surface area contributed by atoms with Crippen molar-refractivity contribution in [2.45, 2.75) is 13.0 Å². The zero-order valence-electron chi connectivity index (χ0n) is 7.88. The van der Waals surface area contributed by atoms with Gasteiger partial charge in [0.15, 0.2) is 0 Å². The lowest BCUT2D eigenvalue weighted by atomic mass is 10.3. The minimum absolute atomic E-state index is 0.229. The summed E-state index contributed by atoms with van der Waals surface area (Å²) in [6, 6.07) is 8.05. The summed E-state index contributed by atoms with van der Waals surface area (Å²) in [5.74, 6) is 0. The summed E-state index contributed by atoms with van der Waals surface area (Å²) in [4.78, 5) is 0. The van der Waals surface area contributed by atoms with Gasteiger partial charge in [0.2, 0.25) is 0 Å². The number of methoxy groups -OCH3 is 1. The van der Waals surface area contributed by atoms with E-state index >= 15 is 0 Å². The van der Waals surface area contributed by atoms with Gasteiger partial charge in [0.25, 0.3) is 0 Å². The van der Waals surface area contributed by atoms with E-state index in [2.05, 4.69) is 21.2 Å². The van der Waals surface area contributed by atoms with E-state index in [1.165, 1.54) is 0 Å². The Labute approximate surface area is 87.4 Å². The minimum atomic E-state index is 0.229. The molecule has 0 aromatic heterocycles. The predicted octanol–water partition coefficient (Wildman–Crippen LogP) is 2.90. The molecule has 0 saturated heterocycles. The second-order valence-corrected chi connectivity index (χ2v) is 3.76. The highest BCUT2D eigenvalue weighted by Gasteiger charge is 2.00. The second kappa shape index (κ2) is 5.25. The molecule has 0 spiro atoms. The Balaban J connectivity index is 2.50. The van der Waals surface area contributed by atoms with Gasteiger partial charge in [0.1, 0.15) is 0 Å².